The maximum Gasteiger partial charge on any atom is 0.234 e. The molecule has 0 saturated carbocycles. The van der Waals surface area contributed by atoms with Gasteiger partial charge in [-0.05, 0) is 42.2 Å². The van der Waals surface area contributed by atoms with Gasteiger partial charge >= 0.3 is 0 Å². The van der Waals surface area contributed by atoms with Crippen molar-refractivity contribution in [2.45, 2.75) is 31.9 Å². The summed E-state index contributed by atoms with van der Waals surface area (Å²) in [6, 6.07) is 8.34. The Morgan fingerprint density at radius 2 is 2.04 bits per heavy atom. The number of nitrogens with one attached hydrogen (secondary N) is 1. The second kappa shape index (κ2) is 9.32. The fraction of sp³-hybridized carbons (Fsp3) is 0.500. The molecule has 3 rings (SSSR count). The van der Waals surface area contributed by atoms with Crippen LogP contribution in [0.15, 0.2) is 35.0 Å². The van der Waals surface area contributed by atoms with E-state index < -0.39 is 0 Å². The minimum Gasteiger partial charge on any atom is -0.377 e. The molecule has 6 heteroatoms. The van der Waals surface area contributed by atoms with Crippen LogP contribution in [0.2, 0.25) is 0 Å². The number of carbonyl (C=O) groups excluding carboxylic acids is 1. The van der Waals surface area contributed by atoms with Crippen LogP contribution in [-0.4, -0.2) is 43.2 Å². The molecule has 1 N–H and O–H groups in total. The van der Waals surface area contributed by atoms with Crippen LogP contribution >= 0.6 is 22.7 Å². The zero-order valence-corrected chi connectivity index (χ0v) is 15.4. The first kappa shape index (κ1) is 17.6. The topological polar surface area (TPSA) is 41.6 Å². The van der Waals surface area contributed by atoms with Crippen LogP contribution in [-0.2, 0) is 22.5 Å². The number of hydrogen-bond acceptors (Lipinski definition) is 5. The van der Waals surface area contributed by atoms with E-state index in [2.05, 4.69) is 39.2 Å². The predicted molar refractivity (Wildman–Crippen MR) is 99.6 cm³/mol. The SMILES string of the molecule is O=C(CN(Cc1cccs1)CC1CCCO1)NCCc1cccs1. The molecule has 130 valence electrons. The van der Waals surface area contributed by atoms with E-state index in [0.29, 0.717) is 13.1 Å². The molecule has 24 heavy (non-hydrogen) atoms. The molecule has 1 aliphatic heterocycles. The van der Waals surface area contributed by atoms with E-state index in [-0.39, 0.29) is 12.0 Å². The van der Waals surface area contributed by atoms with E-state index in [1.165, 1.54) is 9.75 Å². The Bertz CT molecular complexity index is 593. The first-order valence-electron chi connectivity index (χ1n) is 8.45. The van der Waals surface area contributed by atoms with E-state index >= 15 is 0 Å². The van der Waals surface area contributed by atoms with Gasteiger partial charge in [-0.15, -0.1) is 22.7 Å². The maximum absolute atomic E-state index is 12.3. The molecule has 1 atom stereocenters. The standard InChI is InChI=1S/C18H24N2O2S2/c21-18(19-8-7-16-5-2-10-23-16)14-20(12-15-4-1-9-22-15)13-17-6-3-11-24-17/h2-3,5-6,10-11,15H,1,4,7-9,12-14H2,(H,19,21). The number of rotatable bonds is 9. The lowest BCUT2D eigenvalue weighted by atomic mass is 10.2. The highest BCUT2D eigenvalue weighted by molar-refractivity contribution is 7.10. The lowest BCUT2D eigenvalue weighted by molar-refractivity contribution is -0.122. The summed E-state index contributed by atoms with van der Waals surface area (Å²) in [5.41, 5.74) is 0. The van der Waals surface area contributed by atoms with Gasteiger partial charge in [0.05, 0.1) is 12.6 Å². The van der Waals surface area contributed by atoms with Crippen molar-refractivity contribution in [1.29, 1.82) is 0 Å². The van der Waals surface area contributed by atoms with E-state index in [0.717, 1.165) is 39.0 Å². The van der Waals surface area contributed by atoms with Crippen LogP contribution in [0.5, 0.6) is 0 Å². The van der Waals surface area contributed by atoms with Crippen LogP contribution in [0.4, 0.5) is 0 Å². The Labute approximate surface area is 151 Å². The van der Waals surface area contributed by atoms with Crippen LogP contribution < -0.4 is 5.32 Å². The van der Waals surface area contributed by atoms with E-state index in [1.807, 2.05) is 6.07 Å². The largest absolute Gasteiger partial charge is 0.377 e. The summed E-state index contributed by atoms with van der Waals surface area (Å²) in [6.45, 7) is 3.63. The molecule has 2 aromatic heterocycles. The molecule has 1 aliphatic rings. The third-order valence-corrected chi connectivity index (χ3v) is 5.88. The van der Waals surface area contributed by atoms with Crippen LogP contribution in [0, 0.1) is 0 Å². The molecule has 1 amide bonds. The summed E-state index contributed by atoms with van der Waals surface area (Å²) < 4.78 is 5.75. The van der Waals surface area contributed by atoms with E-state index in [1.54, 1.807) is 22.7 Å². The minimum atomic E-state index is 0.0982. The molecule has 2 aromatic rings. The molecule has 0 radical (unpaired) electrons. The zero-order valence-electron chi connectivity index (χ0n) is 13.8. The highest BCUT2D eigenvalue weighted by atomic mass is 32.1. The summed E-state index contributed by atoms with van der Waals surface area (Å²) in [5.74, 6) is 0.0982. The summed E-state index contributed by atoms with van der Waals surface area (Å²) in [6.07, 6.45) is 3.40. The highest BCUT2D eigenvalue weighted by Gasteiger charge is 2.21. The highest BCUT2D eigenvalue weighted by Crippen LogP contribution is 2.17. The summed E-state index contributed by atoms with van der Waals surface area (Å²) in [5, 5.41) is 7.20. The van der Waals surface area contributed by atoms with Crippen molar-refractivity contribution >= 4 is 28.6 Å². The number of thiophene rings is 2. The molecule has 4 nitrogen and oxygen atoms in total. The van der Waals surface area contributed by atoms with E-state index in [9.17, 15) is 4.79 Å². The number of carbonyl (C=O) groups is 1. The Morgan fingerprint density at radius 1 is 1.25 bits per heavy atom. The number of amides is 1. The minimum absolute atomic E-state index is 0.0982. The van der Waals surface area contributed by atoms with Gasteiger partial charge in [-0.2, -0.15) is 0 Å². The summed E-state index contributed by atoms with van der Waals surface area (Å²) in [4.78, 5) is 17.1. The quantitative estimate of drug-likeness (QED) is 0.743. The predicted octanol–water partition coefficient (Wildman–Crippen LogP) is 3.15. The van der Waals surface area contributed by atoms with Crippen molar-refractivity contribution in [2.24, 2.45) is 0 Å². The number of nitrogens with zero attached hydrogens (tertiary/aromatic N) is 1. The molecular weight excluding hydrogens is 340 g/mol. The molecule has 3 heterocycles. The summed E-state index contributed by atoms with van der Waals surface area (Å²) >= 11 is 3.48. The number of hydrogen-bond donors (Lipinski definition) is 1. The fourth-order valence-corrected chi connectivity index (χ4v) is 4.38. The molecule has 1 fully saturated rings. The van der Waals surface area contributed by atoms with Gasteiger partial charge in [-0.25, -0.2) is 0 Å². The van der Waals surface area contributed by atoms with Crippen LogP contribution in [0.25, 0.3) is 0 Å². The van der Waals surface area contributed by atoms with Crippen LogP contribution in [0.3, 0.4) is 0 Å². The monoisotopic (exact) mass is 364 g/mol. The van der Waals surface area contributed by atoms with Gasteiger partial charge in [-0.3, -0.25) is 9.69 Å². The van der Waals surface area contributed by atoms with Crippen molar-refractivity contribution < 1.29 is 9.53 Å². The average molecular weight is 365 g/mol. The van der Waals surface area contributed by atoms with Crippen molar-refractivity contribution in [3.63, 3.8) is 0 Å². The molecule has 0 aliphatic carbocycles. The smallest absolute Gasteiger partial charge is 0.234 e. The molecule has 0 bridgehead atoms. The van der Waals surface area contributed by atoms with Gasteiger partial charge in [0.2, 0.25) is 5.91 Å². The van der Waals surface area contributed by atoms with Gasteiger partial charge in [0.25, 0.3) is 0 Å². The van der Waals surface area contributed by atoms with Gasteiger partial charge in [0.15, 0.2) is 0 Å². The van der Waals surface area contributed by atoms with Gasteiger partial charge in [0, 0.05) is 36.0 Å². The fourth-order valence-electron chi connectivity index (χ4n) is 2.92. The zero-order chi connectivity index (χ0) is 16.6. The molecule has 0 aromatic carbocycles. The lowest BCUT2D eigenvalue weighted by Crippen LogP contribution is -2.40. The first-order valence-corrected chi connectivity index (χ1v) is 10.2. The average Bonchev–Trinajstić information content (AvgIpc) is 3.30. The Balaban J connectivity index is 1.46. The van der Waals surface area contributed by atoms with Gasteiger partial charge in [0.1, 0.15) is 0 Å². The van der Waals surface area contributed by atoms with Crippen molar-refractivity contribution in [3.05, 3.63) is 44.8 Å². The first-order chi connectivity index (χ1) is 11.8. The van der Waals surface area contributed by atoms with Gasteiger partial charge in [-0.1, -0.05) is 12.1 Å². The maximum atomic E-state index is 12.3. The second-order valence-electron chi connectivity index (χ2n) is 6.06. The van der Waals surface area contributed by atoms with Crippen molar-refractivity contribution in [1.82, 2.24) is 10.2 Å². The third kappa shape index (κ3) is 5.70. The lowest BCUT2D eigenvalue weighted by Gasteiger charge is -2.24. The molecular formula is C18H24N2O2S2. The molecule has 0 spiro atoms. The Morgan fingerprint density at radius 3 is 2.71 bits per heavy atom. The van der Waals surface area contributed by atoms with E-state index in [4.69, 9.17) is 4.74 Å². The van der Waals surface area contributed by atoms with Crippen LogP contribution in [0.1, 0.15) is 22.6 Å². The summed E-state index contributed by atoms with van der Waals surface area (Å²) in [7, 11) is 0. The third-order valence-electron chi connectivity index (χ3n) is 4.09. The van der Waals surface area contributed by atoms with Crippen molar-refractivity contribution in [2.75, 3.05) is 26.2 Å². The molecule has 1 unspecified atom stereocenters. The Hall–Kier alpha value is -1.21. The normalized spacial score (nSPS) is 17.5. The number of ether oxygens (including phenoxy) is 1. The molecule has 1 saturated heterocycles. The second-order valence-corrected chi connectivity index (χ2v) is 8.13. The van der Waals surface area contributed by atoms with Crippen molar-refractivity contribution in [3.8, 4) is 0 Å². The van der Waals surface area contributed by atoms with Gasteiger partial charge < -0.3 is 10.1 Å². The Kier molecular flexibility index (Phi) is 6.84.